The van der Waals surface area contributed by atoms with Crippen LogP contribution in [0.25, 0.3) is 11.2 Å². The minimum Gasteiger partial charge on any atom is -0.382 e. The van der Waals surface area contributed by atoms with Gasteiger partial charge in [0.15, 0.2) is 17.0 Å². The maximum absolute atomic E-state index is 13.9. The van der Waals surface area contributed by atoms with Gasteiger partial charge < -0.3 is 10.3 Å². The Balaban J connectivity index is 1.67. The summed E-state index contributed by atoms with van der Waals surface area (Å²) in [4.78, 5) is 12.1. The van der Waals surface area contributed by atoms with Crippen LogP contribution < -0.4 is 10.5 Å². The molecular formula is C21H26FIN6O2S. The highest BCUT2D eigenvalue weighted by molar-refractivity contribution is 14.1. The highest BCUT2D eigenvalue weighted by atomic mass is 127. The van der Waals surface area contributed by atoms with Crippen LogP contribution in [0.15, 0.2) is 12.1 Å². The van der Waals surface area contributed by atoms with Gasteiger partial charge >= 0.3 is 6.08 Å². The number of benzene rings is 1. The molecule has 3 N–H and O–H groups in total. The van der Waals surface area contributed by atoms with Crippen LogP contribution >= 0.6 is 22.6 Å². The predicted molar refractivity (Wildman–Crippen MR) is 130 cm³/mol. The molecule has 0 unspecified atom stereocenters. The number of imidazole rings is 1. The number of nitrogens with zero attached hydrogens (tertiary/aromatic N) is 4. The summed E-state index contributed by atoms with van der Waals surface area (Å²) >= 11 is 2.33. The Morgan fingerprint density at radius 2 is 1.94 bits per heavy atom. The number of halogens is 2. The Morgan fingerprint density at radius 1 is 1.22 bits per heavy atom. The van der Waals surface area contributed by atoms with Crippen molar-refractivity contribution in [3.8, 4) is 0 Å². The van der Waals surface area contributed by atoms with Gasteiger partial charge in [-0.1, -0.05) is 19.9 Å². The first-order valence-corrected chi connectivity index (χ1v) is 13.3. The summed E-state index contributed by atoms with van der Waals surface area (Å²) in [6.45, 7) is 4.09. The summed E-state index contributed by atoms with van der Waals surface area (Å²) < 4.78 is 43.9. The maximum atomic E-state index is 13.9. The minimum atomic E-state index is -3.41. The summed E-state index contributed by atoms with van der Waals surface area (Å²) in [6, 6.07) is 4.44. The van der Waals surface area contributed by atoms with Crippen LogP contribution in [0.2, 0.25) is 0 Å². The van der Waals surface area contributed by atoms with Crippen LogP contribution in [0, 0.1) is 15.6 Å². The molecule has 0 radical (unpaired) electrons. The smallest absolute Gasteiger partial charge is 0.312 e. The molecule has 0 spiro atoms. The molecule has 0 amide bonds. The Kier molecular flexibility index (Phi) is 6.68. The zero-order chi connectivity index (χ0) is 23.0. The maximum Gasteiger partial charge on any atom is 0.312 e. The highest BCUT2D eigenvalue weighted by Gasteiger charge is 2.20. The molecule has 0 saturated carbocycles. The van der Waals surface area contributed by atoms with Crippen LogP contribution in [0.5, 0.6) is 0 Å². The molecule has 1 aliphatic carbocycles. The number of nitrogen functional groups attached to an aromatic ring is 1. The highest BCUT2D eigenvalue weighted by Crippen LogP contribution is 2.29. The summed E-state index contributed by atoms with van der Waals surface area (Å²) in [7, 11) is -3.41. The lowest BCUT2D eigenvalue weighted by Gasteiger charge is -2.13. The molecule has 1 aromatic carbocycles. The third kappa shape index (κ3) is 5.04. The summed E-state index contributed by atoms with van der Waals surface area (Å²) in [5, 5.41) is 0. The molecule has 2 aromatic heterocycles. The van der Waals surface area contributed by atoms with Gasteiger partial charge in [-0.3, -0.25) is 0 Å². The molecule has 172 valence electrons. The molecule has 0 atom stereocenters. The third-order valence-electron chi connectivity index (χ3n) is 5.49. The van der Waals surface area contributed by atoms with Crippen molar-refractivity contribution in [3.05, 3.63) is 44.3 Å². The molecule has 0 aliphatic heterocycles. The first-order valence-electron chi connectivity index (χ1n) is 10.6. The second kappa shape index (κ2) is 9.18. The number of anilines is 1. The number of fused-ring (bicyclic) bond motifs is 2. The molecular weight excluding hydrogens is 546 g/mol. The van der Waals surface area contributed by atoms with E-state index in [0.29, 0.717) is 17.8 Å². The van der Waals surface area contributed by atoms with Crippen molar-refractivity contribution in [1.82, 2.24) is 24.2 Å². The molecule has 1 aliphatic rings. The topological polar surface area (TPSA) is 116 Å². The first kappa shape index (κ1) is 23.3. The van der Waals surface area contributed by atoms with Crippen molar-refractivity contribution in [1.29, 1.82) is 0 Å². The summed E-state index contributed by atoms with van der Waals surface area (Å²) in [6.07, 6.45) is 2.90. The van der Waals surface area contributed by atoms with E-state index in [1.165, 1.54) is 11.1 Å². The Labute approximate surface area is 200 Å². The van der Waals surface area contributed by atoms with Gasteiger partial charge in [0.05, 0.1) is 5.75 Å². The number of aryl methyl sites for hydroxylation is 2. The van der Waals surface area contributed by atoms with Crippen molar-refractivity contribution < 1.29 is 12.8 Å². The number of nitrogens with two attached hydrogens (primary N) is 1. The fourth-order valence-electron chi connectivity index (χ4n) is 4.17. The lowest BCUT2D eigenvalue weighted by atomic mass is 10.0. The number of hydrogen-bond acceptors (Lipinski definition) is 6. The van der Waals surface area contributed by atoms with Crippen LogP contribution in [0.4, 0.5) is 10.2 Å². The second-order valence-electron chi connectivity index (χ2n) is 8.54. The van der Waals surface area contributed by atoms with E-state index in [4.69, 9.17) is 5.73 Å². The Hall–Kier alpha value is -1.86. The fourth-order valence-corrected chi connectivity index (χ4v) is 6.29. The first-order chi connectivity index (χ1) is 15.1. The van der Waals surface area contributed by atoms with E-state index >= 15 is 0 Å². The normalized spacial score (nSPS) is 13.9. The number of hydrogen-bond donors (Lipinski definition) is 2. The predicted octanol–water partition coefficient (Wildman–Crippen LogP) is 2.81. The molecule has 8 nitrogen and oxygen atoms in total. The van der Waals surface area contributed by atoms with Crippen molar-refractivity contribution in [2.75, 3.05) is 18.0 Å². The molecule has 11 heteroatoms. The van der Waals surface area contributed by atoms with E-state index in [-0.39, 0.29) is 36.2 Å². The van der Waals surface area contributed by atoms with Gasteiger partial charge in [0.1, 0.15) is 5.82 Å². The zero-order valence-electron chi connectivity index (χ0n) is 18.0. The second-order valence-corrected chi connectivity index (χ2v) is 11.6. The van der Waals surface area contributed by atoms with Gasteiger partial charge in [-0.15, -0.1) is 0 Å². The van der Waals surface area contributed by atoms with Gasteiger partial charge in [0.2, 0.25) is 10.0 Å². The quantitative estimate of drug-likeness (QED) is 0.317. The lowest BCUT2D eigenvalue weighted by molar-refractivity contribution is 0.539. The number of sulfonamides is 1. The lowest BCUT2D eigenvalue weighted by Crippen LogP contribution is -2.31. The Bertz CT molecular complexity index is 1280. The zero-order valence-corrected chi connectivity index (χ0v) is 21.0. The summed E-state index contributed by atoms with van der Waals surface area (Å²) in [5.41, 5.74) is 10.4. The van der Waals surface area contributed by atoms with Crippen molar-refractivity contribution in [3.63, 3.8) is 0 Å². The van der Waals surface area contributed by atoms with E-state index in [1.54, 1.807) is 4.57 Å². The van der Waals surface area contributed by atoms with Gasteiger partial charge in [-0.2, -0.15) is 14.4 Å². The van der Waals surface area contributed by atoms with E-state index in [1.807, 2.05) is 13.8 Å². The molecule has 2 heterocycles. The van der Waals surface area contributed by atoms with Crippen molar-refractivity contribution in [2.24, 2.45) is 5.92 Å². The van der Waals surface area contributed by atoms with Crippen molar-refractivity contribution in [2.45, 2.75) is 46.1 Å². The van der Waals surface area contributed by atoms with Crippen LogP contribution in [-0.4, -0.2) is 40.2 Å². The third-order valence-corrected chi connectivity index (χ3v) is 8.25. The number of nitrogens with one attached hydrogen (secondary N) is 1. The van der Waals surface area contributed by atoms with E-state index in [0.717, 1.165) is 28.4 Å². The molecule has 4 rings (SSSR count). The van der Waals surface area contributed by atoms with Gasteiger partial charge in [0, 0.05) is 23.1 Å². The monoisotopic (exact) mass is 572 g/mol. The van der Waals surface area contributed by atoms with E-state index < -0.39 is 16.1 Å². The fraction of sp³-hybridized carbons (Fsp3) is 0.476. The molecule has 32 heavy (non-hydrogen) atoms. The molecule has 0 bridgehead atoms. The van der Waals surface area contributed by atoms with Crippen molar-refractivity contribution >= 4 is 49.6 Å². The van der Waals surface area contributed by atoms with Crippen LogP contribution in [-0.2, 0) is 35.8 Å². The van der Waals surface area contributed by atoms with Gasteiger partial charge in [0.25, 0.3) is 0 Å². The minimum absolute atomic E-state index is 0.0145. The average molecular weight is 572 g/mol. The summed E-state index contributed by atoms with van der Waals surface area (Å²) in [5.74, 6) is 0.671. The Morgan fingerprint density at radius 3 is 2.66 bits per heavy atom. The number of aromatic nitrogens is 4. The average Bonchev–Trinajstić information content (AvgIpc) is 3.26. The standard InChI is InChI=1S/C21H26FIN6O2S/c1-12(2)11-32(30,31)25-6-7-29-17(26-18-19(24)27-21(22)28-20(18)29)10-15-8-13-4-3-5-14(13)9-16(15)23/h8-9,12,25H,3-7,10-11H2,1-2H3,(H2,24,27,28). The largest absolute Gasteiger partial charge is 0.382 e. The molecule has 3 aromatic rings. The SMILES string of the molecule is CC(C)CS(=O)(=O)NCCn1c(Cc2cc3c(cc2I)CCC3)nc2c(N)nc(F)nc21. The van der Waals surface area contributed by atoms with Crippen LogP contribution in [0.3, 0.4) is 0 Å². The van der Waals surface area contributed by atoms with E-state index in [2.05, 4.69) is 54.4 Å². The number of rotatable bonds is 8. The van der Waals surface area contributed by atoms with Gasteiger partial charge in [-0.25, -0.2) is 18.1 Å². The van der Waals surface area contributed by atoms with Gasteiger partial charge in [-0.05, 0) is 70.5 Å². The van der Waals surface area contributed by atoms with E-state index in [9.17, 15) is 12.8 Å². The molecule has 0 fully saturated rings. The molecule has 0 saturated heterocycles. The van der Waals surface area contributed by atoms with Crippen LogP contribution in [0.1, 0.15) is 42.8 Å².